The maximum absolute atomic E-state index is 12.6. The van der Waals surface area contributed by atoms with E-state index < -0.39 is 17.8 Å². The quantitative estimate of drug-likeness (QED) is 0.940. The minimum absolute atomic E-state index is 0.105. The van der Waals surface area contributed by atoms with Gasteiger partial charge in [0.15, 0.2) is 0 Å². The van der Waals surface area contributed by atoms with Crippen molar-refractivity contribution in [3.8, 4) is 17.1 Å². The lowest BCUT2D eigenvalue weighted by molar-refractivity contribution is -0.141. The van der Waals surface area contributed by atoms with Crippen LogP contribution in [0.5, 0.6) is 5.88 Å². The predicted molar refractivity (Wildman–Crippen MR) is 65.0 cm³/mol. The van der Waals surface area contributed by atoms with Crippen LogP contribution in [0.3, 0.4) is 0 Å². The summed E-state index contributed by atoms with van der Waals surface area (Å²) >= 11 is 0. The molecule has 0 radical (unpaired) electrons. The highest BCUT2D eigenvalue weighted by atomic mass is 19.4. The molecular weight excluding hydrogens is 291 g/mol. The number of rotatable bonds is 3. The van der Waals surface area contributed by atoms with Crippen molar-refractivity contribution in [3.05, 3.63) is 29.6 Å². The molecular formula is C12H10F3N3O3. The maximum atomic E-state index is 12.6. The molecule has 0 fully saturated rings. The molecule has 2 rings (SSSR count). The Hall–Kier alpha value is -2.58. The summed E-state index contributed by atoms with van der Waals surface area (Å²) in [4.78, 5) is 14.3. The molecule has 0 saturated heterocycles. The van der Waals surface area contributed by atoms with E-state index in [0.717, 1.165) is 16.8 Å². The van der Waals surface area contributed by atoms with E-state index in [4.69, 9.17) is 9.84 Å². The zero-order chi connectivity index (χ0) is 15.8. The number of nitrogens with zero attached hydrogens (tertiary/aromatic N) is 3. The third-order valence-electron chi connectivity index (χ3n) is 2.72. The standard InChI is InChI=1S/C12H10F3N3O3/c1-18-8(11(19)20)5-7(17-18)6-3-4-9(12(13,14)15)16-10(6)21-2/h3-5H,1-2H3,(H,19,20). The molecule has 2 heterocycles. The number of aromatic carboxylic acids is 1. The number of aromatic nitrogens is 3. The number of carboxylic acids is 1. The molecule has 112 valence electrons. The molecule has 2 aromatic heterocycles. The van der Waals surface area contributed by atoms with E-state index in [0.29, 0.717) is 0 Å². The normalized spacial score (nSPS) is 11.5. The Morgan fingerprint density at radius 3 is 2.52 bits per heavy atom. The number of halogens is 3. The minimum Gasteiger partial charge on any atom is -0.480 e. The Morgan fingerprint density at radius 1 is 1.38 bits per heavy atom. The topological polar surface area (TPSA) is 77.2 Å². The van der Waals surface area contributed by atoms with Crippen molar-refractivity contribution in [3.63, 3.8) is 0 Å². The highest BCUT2D eigenvalue weighted by molar-refractivity contribution is 5.87. The van der Waals surface area contributed by atoms with Gasteiger partial charge in [-0.3, -0.25) is 4.68 Å². The molecule has 6 nitrogen and oxygen atoms in total. The van der Waals surface area contributed by atoms with Crippen LogP contribution in [0.4, 0.5) is 13.2 Å². The molecule has 0 bridgehead atoms. The first-order valence-electron chi connectivity index (χ1n) is 5.64. The number of hydrogen-bond donors (Lipinski definition) is 1. The lowest BCUT2D eigenvalue weighted by Gasteiger charge is -2.10. The molecule has 9 heteroatoms. The maximum Gasteiger partial charge on any atom is 0.433 e. The molecule has 0 spiro atoms. The molecule has 0 atom stereocenters. The van der Waals surface area contributed by atoms with Gasteiger partial charge in [0, 0.05) is 7.05 Å². The fraction of sp³-hybridized carbons (Fsp3) is 0.250. The highest BCUT2D eigenvalue weighted by Crippen LogP contribution is 2.33. The summed E-state index contributed by atoms with van der Waals surface area (Å²) in [6, 6.07) is 3.16. The van der Waals surface area contributed by atoms with Gasteiger partial charge < -0.3 is 9.84 Å². The Morgan fingerprint density at radius 2 is 2.05 bits per heavy atom. The van der Waals surface area contributed by atoms with Crippen LogP contribution in [0.25, 0.3) is 11.3 Å². The van der Waals surface area contributed by atoms with Crippen molar-refractivity contribution in [2.45, 2.75) is 6.18 Å². The zero-order valence-corrected chi connectivity index (χ0v) is 11.0. The van der Waals surface area contributed by atoms with Crippen LogP contribution in [0, 0.1) is 0 Å². The van der Waals surface area contributed by atoms with E-state index in [9.17, 15) is 18.0 Å². The first-order chi connectivity index (χ1) is 9.74. The van der Waals surface area contributed by atoms with E-state index in [-0.39, 0.29) is 22.8 Å². The molecule has 0 saturated carbocycles. The summed E-state index contributed by atoms with van der Waals surface area (Å²) in [6.07, 6.45) is -4.60. The molecule has 1 N–H and O–H groups in total. The van der Waals surface area contributed by atoms with Gasteiger partial charge in [0.05, 0.1) is 18.4 Å². The molecule has 0 aromatic carbocycles. The minimum atomic E-state index is -4.60. The summed E-state index contributed by atoms with van der Waals surface area (Å²) < 4.78 is 43.7. The third-order valence-corrected chi connectivity index (χ3v) is 2.72. The zero-order valence-electron chi connectivity index (χ0n) is 11.0. The van der Waals surface area contributed by atoms with Crippen LogP contribution >= 0.6 is 0 Å². The van der Waals surface area contributed by atoms with Crippen molar-refractivity contribution >= 4 is 5.97 Å². The van der Waals surface area contributed by atoms with E-state index in [1.165, 1.54) is 20.2 Å². The third kappa shape index (κ3) is 2.81. The second-order valence-electron chi connectivity index (χ2n) is 4.09. The number of aryl methyl sites for hydroxylation is 1. The number of carbonyl (C=O) groups is 1. The fourth-order valence-corrected chi connectivity index (χ4v) is 1.75. The number of carboxylic acid groups (broad SMARTS) is 1. The lowest BCUT2D eigenvalue weighted by Crippen LogP contribution is -2.09. The van der Waals surface area contributed by atoms with Crippen molar-refractivity contribution in [1.82, 2.24) is 14.8 Å². The van der Waals surface area contributed by atoms with Gasteiger partial charge in [-0.1, -0.05) is 0 Å². The first kappa shape index (κ1) is 14.8. The molecule has 0 aliphatic heterocycles. The number of ether oxygens (including phenoxy) is 1. The molecule has 0 aliphatic carbocycles. The second-order valence-corrected chi connectivity index (χ2v) is 4.09. The number of alkyl halides is 3. The average Bonchev–Trinajstić information content (AvgIpc) is 2.79. The van der Waals surface area contributed by atoms with Crippen LogP contribution in [0.1, 0.15) is 16.2 Å². The van der Waals surface area contributed by atoms with Crippen LogP contribution in [0.15, 0.2) is 18.2 Å². The SMILES string of the molecule is COc1nc(C(F)(F)F)ccc1-c1cc(C(=O)O)n(C)n1. The highest BCUT2D eigenvalue weighted by Gasteiger charge is 2.33. The Kier molecular flexibility index (Phi) is 3.58. The van der Waals surface area contributed by atoms with Crippen LogP contribution in [-0.4, -0.2) is 33.0 Å². The Labute approximate surface area is 116 Å². The van der Waals surface area contributed by atoms with Crippen LogP contribution < -0.4 is 4.74 Å². The van der Waals surface area contributed by atoms with Gasteiger partial charge in [-0.25, -0.2) is 9.78 Å². The summed E-state index contributed by atoms with van der Waals surface area (Å²) in [5.41, 5.74) is -0.869. The van der Waals surface area contributed by atoms with E-state index in [2.05, 4.69) is 10.1 Å². The summed E-state index contributed by atoms with van der Waals surface area (Å²) in [5, 5.41) is 12.9. The van der Waals surface area contributed by atoms with Crippen molar-refractivity contribution in [1.29, 1.82) is 0 Å². The number of pyridine rings is 1. The summed E-state index contributed by atoms with van der Waals surface area (Å²) in [7, 11) is 2.59. The molecule has 0 amide bonds. The molecule has 0 unspecified atom stereocenters. The number of hydrogen-bond acceptors (Lipinski definition) is 4. The van der Waals surface area contributed by atoms with Crippen molar-refractivity contribution in [2.24, 2.45) is 7.05 Å². The van der Waals surface area contributed by atoms with Crippen molar-refractivity contribution < 1.29 is 27.8 Å². The van der Waals surface area contributed by atoms with Crippen molar-refractivity contribution in [2.75, 3.05) is 7.11 Å². The smallest absolute Gasteiger partial charge is 0.433 e. The average molecular weight is 301 g/mol. The monoisotopic (exact) mass is 301 g/mol. The predicted octanol–water partition coefficient (Wildman–Crippen LogP) is 2.21. The summed E-state index contributed by atoms with van der Waals surface area (Å²) in [6.45, 7) is 0. The summed E-state index contributed by atoms with van der Waals surface area (Å²) in [5.74, 6) is -1.48. The van der Waals surface area contributed by atoms with E-state index in [1.54, 1.807) is 0 Å². The Bertz CT molecular complexity index is 695. The van der Waals surface area contributed by atoms with Gasteiger partial charge in [0.2, 0.25) is 5.88 Å². The van der Waals surface area contributed by atoms with Crippen LogP contribution in [0.2, 0.25) is 0 Å². The molecule has 21 heavy (non-hydrogen) atoms. The Balaban J connectivity index is 2.54. The second kappa shape index (κ2) is 5.08. The van der Waals surface area contributed by atoms with Gasteiger partial charge in [0.1, 0.15) is 11.4 Å². The van der Waals surface area contributed by atoms with Gasteiger partial charge in [-0.05, 0) is 18.2 Å². The fourth-order valence-electron chi connectivity index (χ4n) is 1.75. The lowest BCUT2D eigenvalue weighted by atomic mass is 10.1. The van der Waals surface area contributed by atoms with Gasteiger partial charge in [-0.2, -0.15) is 18.3 Å². The van der Waals surface area contributed by atoms with Gasteiger partial charge in [0.25, 0.3) is 0 Å². The molecule has 2 aromatic rings. The number of methoxy groups -OCH3 is 1. The van der Waals surface area contributed by atoms with Crippen LogP contribution in [-0.2, 0) is 13.2 Å². The van der Waals surface area contributed by atoms with Gasteiger partial charge in [-0.15, -0.1) is 0 Å². The first-order valence-corrected chi connectivity index (χ1v) is 5.64. The van der Waals surface area contributed by atoms with Gasteiger partial charge >= 0.3 is 12.1 Å². The largest absolute Gasteiger partial charge is 0.480 e. The molecule has 0 aliphatic rings. The van der Waals surface area contributed by atoms with E-state index in [1.807, 2.05) is 0 Å². The van der Waals surface area contributed by atoms with E-state index >= 15 is 0 Å².